The molecule has 112 valence electrons. The maximum absolute atomic E-state index is 11.3. The van der Waals surface area contributed by atoms with Crippen molar-refractivity contribution < 1.29 is 13.2 Å². The van der Waals surface area contributed by atoms with E-state index in [9.17, 15) is 8.42 Å². The minimum atomic E-state index is -3.72. The average Bonchev–Trinajstić information content (AvgIpc) is 2.38. The third-order valence-electron chi connectivity index (χ3n) is 3.45. The van der Waals surface area contributed by atoms with Gasteiger partial charge in [-0.3, -0.25) is 0 Å². The van der Waals surface area contributed by atoms with Crippen molar-refractivity contribution in [3.8, 4) is 0 Å². The molecule has 2 rings (SSSR count). The molecule has 0 aromatic heterocycles. The molecular formula is C13H21N3O3S. The topological polar surface area (TPSA) is 98.6 Å². The lowest BCUT2D eigenvalue weighted by Crippen LogP contribution is -2.40. The Labute approximate surface area is 119 Å². The smallest absolute Gasteiger partial charge is 0.238 e. The van der Waals surface area contributed by atoms with E-state index in [1.807, 2.05) is 6.92 Å². The van der Waals surface area contributed by atoms with Gasteiger partial charge in [-0.1, -0.05) is 0 Å². The molecule has 0 amide bonds. The van der Waals surface area contributed by atoms with Gasteiger partial charge in [0.2, 0.25) is 10.0 Å². The number of sulfonamides is 1. The quantitative estimate of drug-likeness (QED) is 0.806. The lowest BCUT2D eigenvalue weighted by atomic mass is 10.1. The maximum atomic E-state index is 11.3. The molecule has 1 aliphatic heterocycles. The summed E-state index contributed by atoms with van der Waals surface area (Å²) in [6, 6.07) is 4.61. The fourth-order valence-corrected chi connectivity index (χ4v) is 3.08. The van der Waals surface area contributed by atoms with Crippen LogP contribution in [0.1, 0.15) is 19.8 Å². The van der Waals surface area contributed by atoms with E-state index in [0.717, 1.165) is 31.6 Å². The number of nitrogen functional groups attached to an aromatic ring is 1. The number of anilines is 2. The van der Waals surface area contributed by atoms with Gasteiger partial charge in [0.15, 0.2) is 0 Å². The molecule has 1 unspecified atom stereocenters. The van der Waals surface area contributed by atoms with E-state index in [-0.39, 0.29) is 11.0 Å². The Hall–Kier alpha value is -1.31. The predicted octanol–water partition coefficient (Wildman–Crippen LogP) is 0.921. The number of nitrogens with zero attached hydrogens (tertiary/aromatic N) is 1. The molecule has 1 heterocycles. The number of piperidine rings is 1. The van der Waals surface area contributed by atoms with Crippen LogP contribution in [0, 0.1) is 0 Å². The van der Waals surface area contributed by atoms with E-state index in [4.69, 9.17) is 15.6 Å². The van der Waals surface area contributed by atoms with Crippen molar-refractivity contribution in [1.82, 2.24) is 0 Å². The molecule has 0 saturated carbocycles. The summed E-state index contributed by atoms with van der Waals surface area (Å²) in [6.07, 6.45) is 2.27. The van der Waals surface area contributed by atoms with Gasteiger partial charge in [-0.15, -0.1) is 0 Å². The molecule has 1 aromatic carbocycles. The highest BCUT2D eigenvalue weighted by molar-refractivity contribution is 7.89. The molecule has 0 spiro atoms. The predicted molar refractivity (Wildman–Crippen MR) is 79.1 cm³/mol. The van der Waals surface area contributed by atoms with Gasteiger partial charge in [-0.2, -0.15) is 0 Å². The second-order valence-electron chi connectivity index (χ2n) is 4.93. The van der Waals surface area contributed by atoms with Gasteiger partial charge >= 0.3 is 0 Å². The molecule has 20 heavy (non-hydrogen) atoms. The van der Waals surface area contributed by atoms with Crippen LogP contribution in [0.2, 0.25) is 0 Å². The van der Waals surface area contributed by atoms with Crippen molar-refractivity contribution in [2.45, 2.75) is 30.8 Å². The van der Waals surface area contributed by atoms with Crippen molar-refractivity contribution in [2.75, 3.05) is 30.3 Å². The average molecular weight is 299 g/mol. The number of nitrogens with two attached hydrogens (primary N) is 2. The molecule has 0 radical (unpaired) electrons. The Kier molecular flexibility index (Phi) is 4.52. The lowest BCUT2D eigenvalue weighted by molar-refractivity contribution is 0.0527. The first-order valence-corrected chi connectivity index (χ1v) is 8.25. The van der Waals surface area contributed by atoms with E-state index in [0.29, 0.717) is 12.3 Å². The Morgan fingerprint density at radius 2 is 2.20 bits per heavy atom. The highest BCUT2D eigenvalue weighted by Crippen LogP contribution is 2.28. The third-order valence-corrected chi connectivity index (χ3v) is 4.36. The zero-order chi connectivity index (χ0) is 14.8. The van der Waals surface area contributed by atoms with Crippen molar-refractivity contribution in [3.63, 3.8) is 0 Å². The SMILES string of the molecule is CCOC1CCCN(c2ccc(S(N)(=O)=O)cc2N)C1. The summed E-state index contributed by atoms with van der Waals surface area (Å²) in [5.74, 6) is 0. The van der Waals surface area contributed by atoms with Gasteiger partial charge in [0, 0.05) is 19.7 Å². The summed E-state index contributed by atoms with van der Waals surface area (Å²) in [6.45, 7) is 4.34. The largest absolute Gasteiger partial charge is 0.397 e. The van der Waals surface area contributed by atoms with Gasteiger partial charge in [-0.25, -0.2) is 13.6 Å². The van der Waals surface area contributed by atoms with E-state index >= 15 is 0 Å². The van der Waals surface area contributed by atoms with Gasteiger partial charge in [0.05, 0.1) is 22.4 Å². The molecule has 6 nitrogen and oxygen atoms in total. The minimum absolute atomic E-state index is 0.0390. The number of primary sulfonamides is 1. The molecule has 1 fully saturated rings. The molecule has 7 heteroatoms. The fraction of sp³-hybridized carbons (Fsp3) is 0.538. The van der Waals surface area contributed by atoms with Crippen LogP contribution >= 0.6 is 0 Å². The summed E-state index contributed by atoms with van der Waals surface area (Å²) >= 11 is 0. The van der Waals surface area contributed by atoms with Crippen molar-refractivity contribution >= 4 is 21.4 Å². The Balaban J connectivity index is 2.20. The van der Waals surface area contributed by atoms with Crippen LogP contribution in [0.3, 0.4) is 0 Å². The highest BCUT2D eigenvalue weighted by atomic mass is 32.2. The van der Waals surface area contributed by atoms with Gasteiger partial charge in [-0.05, 0) is 38.0 Å². The monoisotopic (exact) mass is 299 g/mol. The normalized spacial score (nSPS) is 20.1. The molecule has 0 bridgehead atoms. The summed E-state index contributed by atoms with van der Waals surface area (Å²) in [7, 11) is -3.72. The zero-order valence-corrected chi connectivity index (χ0v) is 12.4. The van der Waals surface area contributed by atoms with Crippen LogP contribution in [0.25, 0.3) is 0 Å². The summed E-state index contributed by atoms with van der Waals surface area (Å²) in [5.41, 5.74) is 7.23. The molecule has 0 aliphatic carbocycles. The number of hydrogen-bond donors (Lipinski definition) is 2. The molecular weight excluding hydrogens is 278 g/mol. The highest BCUT2D eigenvalue weighted by Gasteiger charge is 2.22. The van der Waals surface area contributed by atoms with Gasteiger partial charge in [0.1, 0.15) is 0 Å². The van der Waals surface area contributed by atoms with Crippen molar-refractivity contribution in [3.05, 3.63) is 18.2 Å². The molecule has 1 aliphatic rings. The Morgan fingerprint density at radius 1 is 1.45 bits per heavy atom. The molecule has 1 aromatic rings. The fourth-order valence-electron chi connectivity index (χ4n) is 2.53. The van der Waals surface area contributed by atoms with Gasteiger partial charge < -0.3 is 15.4 Å². The third kappa shape index (κ3) is 3.41. The molecule has 4 N–H and O–H groups in total. The van der Waals surface area contributed by atoms with E-state index < -0.39 is 10.0 Å². The van der Waals surface area contributed by atoms with E-state index in [2.05, 4.69) is 4.90 Å². The van der Waals surface area contributed by atoms with E-state index in [1.165, 1.54) is 12.1 Å². The van der Waals surface area contributed by atoms with Crippen molar-refractivity contribution in [1.29, 1.82) is 0 Å². The lowest BCUT2D eigenvalue weighted by Gasteiger charge is -2.34. The standard InChI is InChI=1S/C13H21N3O3S/c1-2-19-10-4-3-7-16(9-10)13-6-5-11(8-12(13)14)20(15,17)18/h5-6,8,10H,2-4,7,9,14H2,1H3,(H2,15,17,18). The summed E-state index contributed by atoms with van der Waals surface area (Å²) < 4.78 is 28.3. The number of ether oxygens (including phenoxy) is 1. The number of benzene rings is 1. The molecule has 1 atom stereocenters. The van der Waals surface area contributed by atoms with Crippen molar-refractivity contribution in [2.24, 2.45) is 5.14 Å². The zero-order valence-electron chi connectivity index (χ0n) is 11.6. The summed E-state index contributed by atoms with van der Waals surface area (Å²) in [5, 5.41) is 5.10. The van der Waals surface area contributed by atoms with Crippen LogP contribution in [-0.4, -0.2) is 34.2 Å². The van der Waals surface area contributed by atoms with Crippen LogP contribution in [0.15, 0.2) is 23.1 Å². The first-order valence-electron chi connectivity index (χ1n) is 6.70. The number of rotatable bonds is 4. The summed E-state index contributed by atoms with van der Waals surface area (Å²) in [4.78, 5) is 2.17. The maximum Gasteiger partial charge on any atom is 0.238 e. The first kappa shape index (κ1) is 15.1. The van der Waals surface area contributed by atoms with Gasteiger partial charge in [0.25, 0.3) is 0 Å². The number of hydrogen-bond acceptors (Lipinski definition) is 5. The first-order chi connectivity index (χ1) is 9.41. The Bertz CT molecular complexity index is 572. The second-order valence-corrected chi connectivity index (χ2v) is 6.49. The molecule has 1 saturated heterocycles. The van der Waals surface area contributed by atoms with Crippen LogP contribution in [-0.2, 0) is 14.8 Å². The van der Waals surface area contributed by atoms with Crippen LogP contribution < -0.4 is 15.8 Å². The minimum Gasteiger partial charge on any atom is -0.397 e. The second kappa shape index (κ2) is 5.99. The van der Waals surface area contributed by atoms with E-state index in [1.54, 1.807) is 6.07 Å². The van der Waals surface area contributed by atoms with Crippen LogP contribution in [0.4, 0.5) is 11.4 Å². The van der Waals surface area contributed by atoms with Crippen LogP contribution in [0.5, 0.6) is 0 Å². The Morgan fingerprint density at radius 3 is 2.80 bits per heavy atom.